The zero-order valence-corrected chi connectivity index (χ0v) is 10.7. The van der Waals surface area contributed by atoms with Crippen molar-refractivity contribution in [2.45, 2.75) is 18.9 Å². The molecule has 2 heterocycles. The maximum atomic E-state index is 10.9. The Morgan fingerprint density at radius 2 is 2.29 bits per heavy atom. The van der Waals surface area contributed by atoms with Gasteiger partial charge in [0.25, 0.3) is 0 Å². The molecule has 1 aromatic heterocycles. The molecule has 6 nitrogen and oxygen atoms in total. The second-order valence-electron chi connectivity index (χ2n) is 3.88. The summed E-state index contributed by atoms with van der Waals surface area (Å²) < 4.78 is 0.816. The molecule has 2 rings (SSSR count). The number of nitrogens with one attached hydrogen (secondary N) is 1. The summed E-state index contributed by atoms with van der Waals surface area (Å²) in [4.78, 5) is 20.5. The maximum absolute atomic E-state index is 10.9. The molecule has 0 radical (unpaired) electrons. The van der Waals surface area contributed by atoms with Gasteiger partial charge in [0, 0.05) is 25.5 Å². The van der Waals surface area contributed by atoms with Crippen LogP contribution in [0.2, 0.25) is 0 Å². The molecule has 1 aliphatic rings. The largest absolute Gasteiger partial charge is 0.465 e. The van der Waals surface area contributed by atoms with Gasteiger partial charge < -0.3 is 15.3 Å². The average Bonchev–Trinajstić information content (AvgIpc) is 2.76. The molecule has 1 amide bonds. The molecule has 0 saturated carbocycles. The Morgan fingerprint density at radius 3 is 2.94 bits per heavy atom. The molecule has 0 aromatic carbocycles. The molecular formula is C10H13BrN4O2. The lowest BCUT2D eigenvalue weighted by Gasteiger charge is -2.21. The van der Waals surface area contributed by atoms with Gasteiger partial charge in [0.2, 0.25) is 5.95 Å². The number of hydrogen-bond donors (Lipinski definition) is 2. The van der Waals surface area contributed by atoms with Gasteiger partial charge in [0.15, 0.2) is 0 Å². The van der Waals surface area contributed by atoms with Crippen molar-refractivity contribution in [2.24, 2.45) is 0 Å². The van der Waals surface area contributed by atoms with Crippen molar-refractivity contribution in [3.05, 3.63) is 16.9 Å². The quantitative estimate of drug-likeness (QED) is 0.890. The molecule has 1 aliphatic heterocycles. The van der Waals surface area contributed by atoms with Crippen LogP contribution in [0.4, 0.5) is 10.7 Å². The van der Waals surface area contributed by atoms with E-state index in [4.69, 9.17) is 5.11 Å². The summed E-state index contributed by atoms with van der Waals surface area (Å²) in [6, 6.07) is 0.0137. The molecule has 0 spiro atoms. The van der Waals surface area contributed by atoms with Crippen molar-refractivity contribution in [2.75, 3.05) is 18.4 Å². The number of halogens is 1. The van der Waals surface area contributed by atoms with Gasteiger partial charge in [-0.05, 0) is 28.8 Å². The van der Waals surface area contributed by atoms with Crippen LogP contribution >= 0.6 is 15.9 Å². The van der Waals surface area contributed by atoms with Crippen LogP contribution in [0.5, 0.6) is 0 Å². The van der Waals surface area contributed by atoms with Gasteiger partial charge in [-0.1, -0.05) is 0 Å². The van der Waals surface area contributed by atoms with Crippen molar-refractivity contribution >= 4 is 28.0 Å². The van der Waals surface area contributed by atoms with Crippen molar-refractivity contribution in [3.63, 3.8) is 0 Å². The second-order valence-corrected chi connectivity index (χ2v) is 4.79. The van der Waals surface area contributed by atoms with Gasteiger partial charge in [-0.15, -0.1) is 0 Å². The number of carboxylic acid groups (broad SMARTS) is 1. The number of hydrogen-bond acceptors (Lipinski definition) is 4. The Bertz CT molecular complexity index is 398. The van der Waals surface area contributed by atoms with E-state index in [1.165, 1.54) is 4.90 Å². The van der Waals surface area contributed by atoms with E-state index in [1.54, 1.807) is 12.4 Å². The molecule has 1 unspecified atom stereocenters. The van der Waals surface area contributed by atoms with Crippen LogP contribution in [-0.2, 0) is 0 Å². The lowest BCUT2D eigenvalue weighted by molar-refractivity contribution is 0.142. The fourth-order valence-corrected chi connectivity index (χ4v) is 2.12. The lowest BCUT2D eigenvalue weighted by atomic mass is 10.2. The summed E-state index contributed by atoms with van der Waals surface area (Å²) in [7, 11) is 0. The van der Waals surface area contributed by atoms with E-state index in [0.717, 1.165) is 17.3 Å². The number of likely N-dealkylation sites (tertiary alicyclic amines) is 1. The van der Waals surface area contributed by atoms with Gasteiger partial charge in [0.05, 0.1) is 10.5 Å². The number of amides is 1. The van der Waals surface area contributed by atoms with Crippen molar-refractivity contribution in [3.8, 4) is 0 Å². The minimum atomic E-state index is -0.856. The number of nitrogens with zero attached hydrogens (tertiary/aromatic N) is 3. The molecule has 1 saturated heterocycles. The van der Waals surface area contributed by atoms with Crippen LogP contribution in [-0.4, -0.2) is 45.2 Å². The van der Waals surface area contributed by atoms with Crippen molar-refractivity contribution < 1.29 is 9.90 Å². The van der Waals surface area contributed by atoms with E-state index in [1.807, 2.05) is 0 Å². The van der Waals surface area contributed by atoms with Crippen LogP contribution in [0.3, 0.4) is 0 Å². The third-order valence-electron chi connectivity index (χ3n) is 2.74. The zero-order valence-electron chi connectivity index (χ0n) is 9.14. The monoisotopic (exact) mass is 300 g/mol. The second kappa shape index (κ2) is 5.31. The third-order valence-corrected chi connectivity index (χ3v) is 3.15. The first-order chi connectivity index (χ1) is 8.16. The summed E-state index contributed by atoms with van der Waals surface area (Å²) >= 11 is 3.25. The molecule has 1 aromatic rings. The minimum absolute atomic E-state index is 0.0137. The highest BCUT2D eigenvalue weighted by atomic mass is 79.9. The van der Waals surface area contributed by atoms with E-state index in [0.29, 0.717) is 19.0 Å². The standard InChI is InChI=1S/C10H13BrN4O2/c11-7-4-12-9(13-5-7)14-6-8-2-1-3-15(8)10(16)17/h4-5,8H,1-3,6H2,(H,16,17)(H,12,13,14). The number of aromatic nitrogens is 2. The van der Waals surface area contributed by atoms with Crippen LogP contribution in [0.15, 0.2) is 16.9 Å². The Hall–Kier alpha value is -1.37. The van der Waals surface area contributed by atoms with Gasteiger partial charge >= 0.3 is 6.09 Å². The Labute approximate surface area is 107 Å². The van der Waals surface area contributed by atoms with Gasteiger partial charge in [-0.3, -0.25) is 0 Å². The number of carbonyl (C=O) groups is 1. The van der Waals surface area contributed by atoms with E-state index in [2.05, 4.69) is 31.2 Å². The molecule has 0 bridgehead atoms. The van der Waals surface area contributed by atoms with E-state index < -0.39 is 6.09 Å². The van der Waals surface area contributed by atoms with Gasteiger partial charge in [-0.2, -0.15) is 0 Å². The van der Waals surface area contributed by atoms with Crippen LogP contribution < -0.4 is 5.32 Å². The summed E-state index contributed by atoms with van der Waals surface area (Å²) in [6.07, 6.45) is 4.25. The van der Waals surface area contributed by atoms with Crippen LogP contribution in [0.1, 0.15) is 12.8 Å². The minimum Gasteiger partial charge on any atom is -0.465 e. The zero-order chi connectivity index (χ0) is 12.3. The highest BCUT2D eigenvalue weighted by Gasteiger charge is 2.28. The van der Waals surface area contributed by atoms with Gasteiger partial charge in [-0.25, -0.2) is 14.8 Å². The topological polar surface area (TPSA) is 78.4 Å². The summed E-state index contributed by atoms with van der Waals surface area (Å²) in [5.41, 5.74) is 0. The molecule has 1 fully saturated rings. The smallest absolute Gasteiger partial charge is 0.407 e. The molecule has 1 atom stereocenters. The summed E-state index contributed by atoms with van der Waals surface area (Å²) in [5.74, 6) is 0.519. The molecule has 7 heteroatoms. The fraction of sp³-hybridized carbons (Fsp3) is 0.500. The first kappa shape index (κ1) is 12.1. The molecular weight excluding hydrogens is 288 g/mol. The van der Waals surface area contributed by atoms with E-state index >= 15 is 0 Å². The van der Waals surface area contributed by atoms with Gasteiger partial charge in [0.1, 0.15) is 0 Å². The Kier molecular flexibility index (Phi) is 3.78. The molecule has 17 heavy (non-hydrogen) atoms. The Morgan fingerprint density at radius 1 is 1.59 bits per heavy atom. The number of anilines is 1. The first-order valence-electron chi connectivity index (χ1n) is 5.38. The summed E-state index contributed by atoms with van der Waals surface area (Å²) in [6.45, 7) is 1.16. The highest BCUT2D eigenvalue weighted by molar-refractivity contribution is 9.10. The third kappa shape index (κ3) is 3.06. The molecule has 2 N–H and O–H groups in total. The normalized spacial score (nSPS) is 19.4. The summed E-state index contributed by atoms with van der Waals surface area (Å²) in [5, 5.41) is 12.0. The first-order valence-corrected chi connectivity index (χ1v) is 6.17. The molecule has 0 aliphatic carbocycles. The predicted molar refractivity (Wildman–Crippen MR) is 66.0 cm³/mol. The fourth-order valence-electron chi connectivity index (χ4n) is 1.91. The predicted octanol–water partition coefficient (Wildman–Crippen LogP) is 1.79. The van der Waals surface area contributed by atoms with E-state index in [9.17, 15) is 4.79 Å². The molecule has 92 valence electrons. The number of rotatable bonds is 3. The average molecular weight is 301 g/mol. The SMILES string of the molecule is O=C(O)N1CCCC1CNc1ncc(Br)cn1. The Balaban J connectivity index is 1.89. The van der Waals surface area contributed by atoms with Crippen molar-refractivity contribution in [1.82, 2.24) is 14.9 Å². The van der Waals surface area contributed by atoms with E-state index in [-0.39, 0.29) is 6.04 Å². The lowest BCUT2D eigenvalue weighted by Crippen LogP contribution is -2.38. The van der Waals surface area contributed by atoms with Crippen molar-refractivity contribution in [1.29, 1.82) is 0 Å². The highest BCUT2D eigenvalue weighted by Crippen LogP contribution is 2.17. The van der Waals surface area contributed by atoms with Crippen LogP contribution in [0.25, 0.3) is 0 Å². The maximum Gasteiger partial charge on any atom is 0.407 e. The van der Waals surface area contributed by atoms with Crippen LogP contribution in [0, 0.1) is 0 Å².